The number of aromatic nitrogens is 1. The summed E-state index contributed by atoms with van der Waals surface area (Å²) < 4.78 is 24.7. The number of rotatable bonds is 9. The Hall–Kier alpha value is -1.74. The summed E-state index contributed by atoms with van der Waals surface area (Å²) in [4.78, 5) is 6.01. The third-order valence-electron chi connectivity index (χ3n) is 3.76. The van der Waals surface area contributed by atoms with E-state index >= 15 is 0 Å². The van der Waals surface area contributed by atoms with Crippen LogP contribution in [0.1, 0.15) is 10.4 Å². The molecule has 0 saturated heterocycles. The summed E-state index contributed by atoms with van der Waals surface area (Å²) in [5.74, 6) is 0. The zero-order valence-corrected chi connectivity index (χ0v) is 16.9. The molecule has 1 aromatic carbocycles. The van der Waals surface area contributed by atoms with Gasteiger partial charge in [0, 0.05) is 28.9 Å². The highest BCUT2D eigenvalue weighted by molar-refractivity contribution is 7.88. The van der Waals surface area contributed by atoms with Gasteiger partial charge in [0.2, 0.25) is 10.0 Å². The van der Waals surface area contributed by atoms with E-state index in [4.69, 9.17) is 0 Å². The van der Waals surface area contributed by atoms with Crippen LogP contribution < -0.4 is 10.0 Å². The molecule has 0 aliphatic carbocycles. The van der Waals surface area contributed by atoms with Crippen LogP contribution in [0.2, 0.25) is 0 Å². The zero-order chi connectivity index (χ0) is 18.4. The molecule has 138 valence electrons. The monoisotopic (exact) mass is 407 g/mol. The minimum atomic E-state index is -3.13. The molecule has 0 spiro atoms. The van der Waals surface area contributed by atoms with Gasteiger partial charge in [0.15, 0.2) is 5.13 Å². The minimum Gasteiger partial charge on any atom is -0.361 e. The van der Waals surface area contributed by atoms with Crippen molar-refractivity contribution >= 4 is 37.8 Å². The van der Waals surface area contributed by atoms with Gasteiger partial charge in [-0.25, -0.2) is 18.1 Å². The standard InChI is InChI=1S/C18H21N3O2S3/c1-26(22,23)20-11-8-14-4-6-15(7-5-14)17-13-25-18(21-17)19-10-9-16-3-2-12-24-16/h2-7,12-13,20H,8-11H2,1H3,(H,19,21). The van der Waals surface area contributed by atoms with Crippen LogP contribution >= 0.6 is 22.7 Å². The van der Waals surface area contributed by atoms with Gasteiger partial charge < -0.3 is 5.32 Å². The third-order valence-corrected chi connectivity index (χ3v) is 6.22. The molecule has 5 nitrogen and oxygen atoms in total. The number of thiazole rings is 1. The highest BCUT2D eigenvalue weighted by Crippen LogP contribution is 2.25. The van der Waals surface area contributed by atoms with Crippen LogP contribution in [-0.4, -0.2) is 32.7 Å². The van der Waals surface area contributed by atoms with Crippen molar-refractivity contribution in [2.75, 3.05) is 24.7 Å². The van der Waals surface area contributed by atoms with Crippen molar-refractivity contribution in [2.24, 2.45) is 0 Å². The van der Waals surface area contributed by atoms with Crippen molar-refractivity contribution in [3.8, 4) is 11.3 Å². The molecular formula is C18H21N3O2S3. The van der Waals surface area contributed by atoms with E-state index in [2.05, 4.69) is 32.5 Å². The van der Waals surface area contributed by atoms with Crippen LogP contribution in [0, 0.1) is 0 Å². The number of hydrogen-bond acceptors (Lipinski definition) is 6. The Balaban J connectivity index is 1.52. The van der Waals surface area contributed by atoms with Crippen LogP contribution in [0.25, 0.3) is 11.3 Å². The van der Waals surface area contributed by atoms with Gasteiger partial charge in [0.25, 0.3) is 0 Å². The second-order valence-corrected chi connectivity index (χ2v) is 9.63. The van der Waals surface area contributed by atoms with Crippen LogP contribution in [-0.2, 0) is 22.9 Å². The summed E-state index contributed by atoms with van der Waals surface area (Å²) in [6.07, 6.45) is 2.84. The number of sulfonamides is 1. The van der Waals surface area contributed by atoms with Crippen LogP contribution in [0.15, 0.2) is 47.2 Å². The molecule has 0 saturated carbocycles. The fraction of sp³-hybridized carbons (Fsp3) is 0.278. The van der Waals surface area contributed by atoms with E-state index in [0.29, 0.717) is 13.0 Å². The maximum atomic E-state index is 11.1. The number of thiophene rings is 1. The lowest BCUT2D eigenvalue weighted by molar-refractivity contribution is 0.588. The summed E-state index contributed by atoms with van der Waals surface area (Å²) in [7, 11) is -3.13. The van der Waals surface area contributed by atoms with Crippen molar-refractivity contribution in [3.05, 3.63) is 57.6 Å². The normalized spacial score (nSPS) is 11.6. The first kappa shape index (κ1) is 19.0. The highest BCUT2D eigenvalue weighted by Gasteiger charge is 2.05. The van der Waals surface area contributed by atoms with Crippen LogP contribution in [0.5, 0.6) is 0 Å². The largest absolute Gasteiger partial charge is 0.361 e. The average Bonchev–Trinajstić information content (AvgIpc) is 3.26. The van der Waals surface area contributed by atoms with Gasteiger partial charge in [-0.3, -0.25) is 0 Å². The molecule has 0 bridgehead atoms. The zero-order valence-electron chi connectivity index (χ0n) is 14.4. The van der Waals surface area contributed by atoms with Crippen molar-refractivity contribution in [1.29, 1.82) is 0 Å². The lowest BCUT2D eigenvalue weighted by Crippen LogP contribution is -2.24. The molecule has 0 radical (unpaired) electrons. The minimum absolute atomic E-state index is 0.410. The molecular weight excluding hydrogens is 386 g/mol. The average molecular weight is 408 g/mol. The second kappa shape index (κ2) is 8.77. The number of hydrogen-bond donors (Lipinski definition) is 2. The van der Waals surface area contributed by atoms with Crippen LogP contribution in [0.3, 0.4) is 0 Å². The van der Waals surface area contributed by atoms with Gasteiger partial charge in [0.1, 0.15) is 0 Å². The molecule has 0 aliphatic rings. The smallest absolute Gasteiger partial charge is 0.208 e. The Morgan fingerprint density at radius 3 is 2.54 bits per heavy atom. The lowest BCUT2D eigenvalue weighted by Gasteiger charge is -2.04. The van der Waals surface area contributed by atoms with E-state index in [0.717, 1.165) is 34.9 Å². The lowest BCUT2D eigenvalue weighted by atomic mass is 10.1. The first-order chi connectivity index (χ1) is 12.5. The van der Waals surface area contributed by atoms with Gasteiger partial charge in [-0.1, -0.05) is 30.3 Å². The van der Waals surface area contributed by atoms with Crippen LogP contribution in [0.4, 0.5) is 5.13 Å². The van der Waals surface area contributed by atoms with E-state index in [9.17, 15) is 8.42 Å². The van der Waals surface area contributed by atoms with Gasteiger partial charge in [-0.15, -0.1) is 22.7 Å². The molecule has 3 rings (SSSR count). The molecule has 8 heteroatoms. The summed E-state index contributed by atoms with van der Waals surface area (Å²) in [5, 5.41) is 8.45. The second-order valence-electron chi connectivity index (χ2n) is 5.91. The first-order valence-corrected chi connectivity index (χ1v) is 11.9. The number of benzene rings is 1. The molecule has 0 atom stereocenters. The summed E-state index contributed by atoms with van der Waals surface area (Å²) in [6, 6.07) is 12.3. The van der Waals surface area contributed by atoms with E-state index < -0.39 is 10.0 Å². The predicted octanol–water partition coefficient (Wildman–Crippen LogP) is 3.62. The maximum Gasteiger partial charge on any atom is 0.208 e. The Kier molecular flexibility index (Phi) is 6.42. The number of nitrogens with one attached hydrogen (secondary N) is 2. The SMILES string of the molecule is CS(=O)(=O)NCCc1ccc(-c2csc(NCCc3cccs3)n2)cc1. The Morgan fingerprint density at radius 1 is 1.04 bits per heavy atom. The quantitative estimate of drug-likeness (QED) is 0.568. The molecule has 3 aromatic rings. The van der Waals surface area contributed by atoms with Crippen molar-refractivity contribution in [1.82, 2.24) is 9.71 Å². The molecule has 2 N–H and O–H groups in total. The predicted molar refractivity (Wildman–Crippen MR) is 111 cm³/mol. The molecule has 0 amide bonds. The molecule has 0 aliphatic heterocycles. The van der Waals surface area contributed by atoms with Gasteiger partial charge >= 0.3 is 0 Å². The fourth-order valence-corrected chi connectivity index (χ4v) is 4.39. The molecule has 0 unspecified atom stereocenters. The van der Waals surface area contributed by atoms with E-state index in [1.165, 1.54) is 11.1 Å². The molecule has 2 aromatic heterocycles. The Labute approximate surface area is 162 Å². The molecule has 2 heterocycles. The van der Waals surface area contributed by atoms with Gasteiger partial charge in [0.05, 0.1) is 11.9 Å². The summed E-state index contributed by atoms with van der Waals surface area (Å²) >= 11 is 3.38. The first-order valence-electron chi connectivity index (χ1n) is 8.25. The van der Waals surface area contributed by atoms with Crippen molar-refractivity contribution < 1.29 is 8.42 Å². The molecule has 26 heavy (non-hydrogen) atoms. The number of nitrogens with zero attached hydrogens (tertiary/aromatic N) is 1. The maximum absolute atomic E-state index is 11.1. The van der Waals surface area contributed by atoms with E-state index in [1.54, 1.807) is 22.7 Å². The third kappa shape index (κ3) is 5.91. The van der Waals surface area contributed by atoms with E-state index in [1.807, 2.05) is 29.6 Å². The van der Waals surface area contributed by atoms with Crippen molar-refractivity contribution in [2.45, 2.75) is 12.8 Å². The summed E-state index contributed by atoms with van der Waals surface area (Å²) in [6.45, 7) is 1.28. The Morgan fingerprint density at radius 2 is 1.85 bits per heavy atom. The van der Waals surface area contributed by atoms with Crippen molar-refractivity contribution in [3.63, 3.8) is 0 Å². The van der Waals surface area contributed by atoms with E-state index in [-0.39, 0.29) is 0 Å². The Bertz CT molecular complexity index is 917. The summed E-state index contributed by atoms with van der Waals surface area (Å²) in [5.41, 5.74) is 3.11. The molecule has 0 fully saturated rings. The topological polar surface area (TPSA) is 71.1 Å². The highest BCUT2D eigenvalue weighted by atomic mass is 32.2. The van der Waals surface area contributed by atoms with Gasteiger partial charge in [-0.2, -0.15) is 0 Å². The van der Waals surface area contributed by atoms with Gasteiger partial charge in [-0.05, 0) is 29.9 Å². The number of anilines is 1. The fourth-order valence-electron chi connectivity index (χ4n) is 2.46.